The average Bonchev–Trinajstić information content (AvgIpc) is 2.31. The molecule has 0 aromatic heterocycles. The third kappa shape index (κ3) is 3.87. The van der Waals surface area contributed by atoms with E-state index in [2.05, 4.69) is 5.32 Å². The van der Waals surface area contributed by atoms with E-state index in [4.69, 9.17) is 15.2 Å². The molecule has 1 fully saturated rings. The van der Waals surface area contributed by atoms with Crippen molar-refractivity contribution in [3.63, 3.8) is 0 Å². The van der Waals surface area contributed by atoms with Crippen molar-refractivity contribution in [2.75, 3.05) is 19.8 Å². The van der Waals surface area contributed by atoms with E-state index in [1.807, 2.05) is 0 Å². The second-order valence-electron chi connectivity index (χ2n) is 4.14. The number of aliphatic hydroxyl groups is 3. The summed E-state index contributed by atoms with van der Waals surface area (Å²) in [5.74, 6) is -0.438. The van der Waals surface area contributed by atoms with E-state index < -0.39 is 36.6 Å². The van der Waals surface area contributed by atoms with Gasteiger partial charge < -0.3 is 35.8 Å². The minimum absolute atomic E-state index is 0.000716. The van der Waals surface area contributed by atoms with Gasteiger partial charge in [0, 0.05) is 13.5 Å². The number of hydrogen-bond donors (Lipinski definition) is 5. The molecule has 0 aliphatic carbocycles. The van der Waals surface area contributed by atoms with E-state index in [1.165, 1.54) is 6.92 Å². The lowest BCUT2D eigenvalue weighted by Crippen LogP contribution is -2.64. The SMILES string of the molecule is CC(=O)N[C@H]1[C@@H](O)[C@H](O)[C@@H](COCCN)O[C@H]1O. The maximum atomic E-state index is 10.9. The number of hydrogen-bond acceptors (Lipinski definition) is 7. The van der Waals surface area contributed by atoms with Gasteiger partial charge >= 0.3 is 0 Å². The lowest BCUT2D eigenvalue weighted by Gasteiger charge is -2.40. The van der Waals surface area contributed by atoms with Crippen molar-refractivity contribution in [2.24, 2.45) is 5.73 Å². The normalized spacial score (nSPS) is 36.4. The van der Waals surface area contributed by atoms with Crippen LogP contribution in [0.1, 0.15) is 6.92 Å². The number of aliphatic hydroxyl groups excluding tert-OH is 3. The molecule has 1 heterocycles. The summed E-state index contributed by atoms with van der Waals surface area (Å²) < 4.78 is 10.2. The fourth-order valence-corrected chi connectivity index (χ4v) is 1.76. The molecule has 1 aliphatic rings. The summed E-state index contributed by atoms with van der Waals surface area (Å²) in [6, 6.07) is -1.07. The van der Waals surface area contributed by atoms with Crippen LogP contribution in [0.2, 0.25) is 0 Å². The van der Waals surface area contributed by atoms with Crippen LogP contribution in [0.15, 0.2) is 0 Å². The van der Waals surface area contributed by atoms with Gasteiger partial charge in [-0.25, -0.2) is 0 Å². The first-order chi connectivity index (χ1) is 8.47. The van der Waals surface area contributed by atoms with E-state index in [1.54, 1.807) is 0 Å². The monoisotopic (exact) mass is 264 g/mol. The van der Waals surface area contributed by atoms with Crippen LogP contribution < -0.4 is 11.1 Å². The summed E-state index contributed by atoms with van der Waals surface area (Å²) in [7, 11) is 0. The molecule has 0 unspecified atom stereocenters. The van der Waals surface area contributed by atoms with Crippen molar-refractivity contribution >= 4 is 5.91 Å². The lowest BCUT2D eigenvalue weighted by atomic mass is 9.97. The maximum absolute atomic E-state index is 10.9. The number of nitrogens with one attached hydrogen (secondary N) is 1. The van der Waals surface area contributed by atoms with Gasteiger partial charge in [-0.3, -0.25) is 4.79 Å². The van der Waals surface area contributed by atoms with Crippen molar-refractivity contribution in [1.82, 2.24) is 5.32 Å². The second-order valence-corrected chi connectivity index (χ2v) is 4.14. The van der Waals surface area contributed by atoms with Crippen LogP contribution in [0.3, 0.4) is 0 Å². The van der Waals surface area contributed by atoms with Crippen molar-refractivity contribution < 1.29 is 29.6 Å². The molecule has 8 heteroatoms. The minimum atomic E-state index is -1.40. The van der Waals surface area contributed by atoms with Gasteiger partial charge in [0.05, 0.1) is 13.2 Å². The highest BCUT2D eigenvalue weighted by Gasteiger charge is 2.44. The molecular formula is C10H20N2O6. The Kier molecular flexibility index (Phi) is 5.93. The predicted molar refractivity (Wildman–Crippen MR) is 60.4 cm³/mol. The summed E-state index contributed by atoms with van der Waals surface area (Å²) in [6.45, 7) is 1.85. The van der Waals surface area contributed by atoms with Gasteiger partial charge in [0.25, 0.3) is 0 Å². The molecule has 8 nitrogen and oxygen atoms in total. The molecule has 1 aliphatic heterocycles. The van der Waals surface area contributed by atoms with E-state index in [0.29, 0.717) is 6.54 Å². The van der Waals surface area contributed by atoms with E-state index in [-0.39, 0.29) is 13.2 Å². The summed E-state index contributed by atoms with van der Waals surface area (Å²) in [4.78, 5) is 10.9. The van der Waals surface area contributed by atoms with Crippen LogP contribution in [-0.2, 0) is 14.3 Å². The number of ether oxygens (including phenoxy) is 2. The Bertz CT molecular complexity index is 277. The smallest absolute Gasteiger partial charge is 0.217 e. The molecule has 0 bridgehead atoms. The molecule has 1 saturated heterocycles. The zero-order chi connectivity index (χ0) is 13.7. The molecule has 106 valence electrons. The topological polar surface area (TPSA) is 134 Å². The Morgan fingerprint density at radius 2 is 2.06 bits per heavy atom. The van der Waals surface area contributed by atoms with E-state index in [9.17, 15) is 20.1 Å². The van der Waals surface area contributed by atoms with Crippen LogP contribution >= 0.6 is 0 Å². The van der Waals surface area contributed by atoms with Gasteiger partial charge in [0.1, 0.15) is 24.4 Å². The Morgan fingerprint density at radius 1 is 1.39 bits per heavy atom. The standard InChI is InChI=1S/C10H20N2O6/c1-5(13)12-7-9(15)8(14)6(18-10(7)16)4-17-3-2-11/h6-10,14-16H,2-4,11H2,1H3,(H,12,13)/t6-,7+,8-,9-,10-/m1/s1. The molecule has 1 rings (SSSR count). The highest BCUT2D eigenvalue weighted by molar-refractivity contribution is 5.73. The number of carbonyl (C=O) groups excluding carboxylic acids is 1. The molecule has 5 atom stereocenters. The first-order valence-corrected chi connectivity index (χ1v) is 5.72. The van der Waals surface area contributed by atoms with Crippen LogP contribution in [0.5, 0.6) is 0 Å². The zero-order valence-electron chi connectivity index (χ0n) is 10.2. The summed E-state index contributed by atoms with van der Waals surface area (Å²) >= 11 is 0. The second kappa shape index (κ2) is 6.98. The quantitative estimate of drug-likeness (QED) is 0.332. The van der Waals surface area contributed by atoms with Gasteiger partial charge in [-0.05, 0) is 0 Å². The number of carbonyl (C=O) groups is 1. The van der Waals surface area contributed by atoms with E-state index in [0.717, 1.165) is 0 Å². The third-order valence-electron chi connectivity index (χ3n) is 2.63. The molecule has 18 heavy (non-hydrogen) atoms. The molecule has 0 aromatic rings. The van der Waals surface area contributed by atoms with Gasteiger partial charge in [0.2, 0.25) is 5.91 Å². The highest BCUT2D eigenvalue weighted by Crippen LogP contribution is 2.20. The zero-order valence-corrected chi connectivity index (χ0v) is 10.2. The fraction of sp³-hybridized carbons (Fsp3) is 0.900. The van der Waals surface area contributed by atoms with E-state index >= 15 is 0 Å². The molecule has 6 N–H and O–H groups in total. The Labute approximate surface area is 105 Å². The van der Waals surface area contributed by atoms with Crippen molar-refractivity contribution in [2.45, 2.75) is 37.6 Å². The van der Waals surface area contributed by atoms with Crippen LogP contribution in [0, 0.1) is 0 Å². The largest absolute Gasteiger partial charge is 0.388 e. The third-order valence-corrected chi connectivity index (χ3v) is 2.63. The van der Waals surface area contributed by atoms with Gasteiger partial charge in [-0.1, -0.05) is 0 Å². The Morgan fingerprint density at radius 3 is 2.61 bits per heavy atom. The molecular weight excluding hydrogens is 244 g/mol. The van der Waals surface area contributed by atoms with Crippen molar-refractivity contribution in [3.05, 3.63) is 0 Å². The van der Waals surface area contributed by atoms with Gasteiger partial charge in [-0.2, -0.15) is 0 Å². The highest BCUT2D eigenvalue weighted by atomic mass is 16.6. The molecule has 0 saturated carbocycles. The predicted octanol–water partition coefficient (Wildman–Crippen LogP) is -3.09. The number of rotatable bonds is 5. The van der Waals surface area contributed by atoms with Crippen LogP contribution in [0.25, 0.3) is 0 Å². The minimum Gasteiger partial charge on any atom is -0.388 e. The Hall–Kier alpha value is -0.770. The first-order valence-electron chi connectivity index (χ1n) is 5.72. The lowest BCUT2D eigenvalue weighted by molar-refractivity contribution is -0.256. The van der Waals surface area contributed by atoms with Gasteiger partial charge in [-0.15, -0.1) is 0 Å². The average molecular weight is 264 g/mol. The summed E-state index contributed by atoms with van der Waals surface area (Å²) in [6.07, 6.45) is -4.86. The molecule has 1 amide bonds. The van der Waals surface area contributed by atoms with Crippen LogP contribution in [0.4, 0.5) is 0 Å². The summed E-state index contributed by atoms with van der Waals surface area (Å²) in [5, 5.41) is 31.5. The summed E-state index contributed by atoms with van der Waals surface area (Å²) in [5.41, 5.74) is 5.24. The number of amides is 1. The molecule has 0 radical (unpaired) electrons. The Balaban J connectivity index is 2.56. The van der Waals surface area contributed by atoms with Crippen LogP contribution in [-0.4, -0.2) is 71.6 Å². The molecule has 0 spiro atoms. The fourth-order valence-electron chi connectivity index (χ4n) is 1.76. The maximum Gasteiger partial charge on any atom is 0.217 e. The first kappa shape index (κ1) is 15.3. The van der Waals surface area contributed by atoms with Crippen molar-refractivity contribution in [1.29, 1.82) is 0 Å². The van der Waals surface area contributed by atoms with Gasteiger partial charge in [0.15, 0.2) is 6.29 Å². The molecule has 0 aromatic carbocycles. The number of nitrogens with two attached hydrogens (primary N) is 1. The van der Waals surface area contributed by atoms with Crippen molar-refractivity contribution in [3.8, 4) is 0 Å².